The molecule has 0 aliphatic heterocycles. The normalized spacial score (nSPS) is 9.12. The van der Waals surface area contributed by atoms with E-state index in [2.05, 4.69) is 21.5 Å². The topological polar surface area (TPSA) is 38.7 Å². The summed E-state index contributed by atoms with van der Waals surface area (Å²) < 4.78 is 0. The predicted molar refractivity (Wildman–Crippen MR) is 70.5 cm³/mol. The minimum Gasteiger partial charge on any atom is -0.264 e. The summed E-state index contributed by atoms with van der Waals surface area (Å²) in [7, 11) is 0. The highest BCUT2D eigenvalue weighted by atomic mass is 14.9. The number of aryl methyl sites for hydroxylation is 1. The van der Waals surface area contributed by atoms with E-state index in [1.165, 1.54) is 5.57 Å². The minimum absolute atomic E-state index is 0.779. The Morgan fingerprint density at radius 3 is 2.41 bits per heavy atom. The van der Waals surface area contributed by atoms with Crippen molar-refractivity contribution in [2.24, 2.45) is 0 Å². The van der Waals surface area contributed by atoms with E-state index < -0.39 is 0 Å². The van der Waals surface area contributed by atoms with Gasteiger partial charge in [0, 0.05) is 24.2 Å². The van der Waals surface area contributed by atoms with Gasteiger partial charge in [0.1, 0.15) is 5.82 Å². The van der Waals surface area contributed by atoms with Crippen LogP contribution in [0.15, 0.2) is 48.9 Å². The van der Waals surface area contributed by atoms with Crippen molar-refractivity contribution >= 4 is 0 Å². The van der Waals surface area contributed by atoms with Crippen molar-refractivity contribution in [1.29, 1.82) is 0 Å². The molecule has 0 bridgehead atoms. The van der Waals surface area contributed by atoms with Crippen molar-refractivity contribution in [2.75, 3.05) is 0 Å². The van der Waals surface area contributed by atoms with Gasteiger partial charge in [0.25, 0.3) is 0 Å². The second-order valence-corrected chi connectivity index (χ2v) is 3.94. The van der Waals surface area contributed by atoms with Gasteiger partial charge in [-0.2, -0.15) is 0 Å². The summed E-state index contributed by atoms with van der Waals surface area (Å²) in [5, 5.41) is 0. The third-order valence-electron chi connectivity index (χ3n) is 1.73. The van der Waals surface area contributed by atoms with Crippen LogP contribution >= 0.6 is 0 Å². The molecule has 2 heterocycles. The molecule has 0 aliphatic carbocycles. The number of rotatable bonds is 1. The van der Waals surface area contributed by atoms with E-state index in [0.717, 1.165) is 17.1 Å². The molecule has 0 unspecified atom stereocenters. The van der Waals surface area contributed by atoms with Crippen molar-refractivity contribution in [3.8, 4) is 11.3 Å². The Hall–Kier alpha value is -2.03. The number of hydrogen-bond acceptors (Lipinski definition) is 3. The lowest BCUT2D eigenvalue weighted by Gasteiger charge is -1.99. The Labute approximate surface area is 102 Å². The maximum absolute atomic E-state index is 4.29. The molecule has 0 aliphatic rings. The van der Waals surface area contributed by atoms with E-state index >= 15 is 0 Å². The van der Waals surface area contributed by atoms with Crippen LogP contribution in [0.2, 0.25) is 0 Å². The first kappa shape index (κ1) is 13.0. The minimum atomic E-state index is 0.779. The molecule has 0 spiro atoms. The quantitative estimate of drug-likeness (QED) is 0.700. The Balaban J connectivity index is 0.000000317. The average molecular weight is 227 g/mol. The second-order valence-electron chi connectivity index (χ2n) is 3.94. The number of hydrogen-bond donors (Lipinski definition) is 0. The lowest BCUT2D eigenvalue weighted by atomic mass is 10.2. The van der Waals surface area contributed by atoms with Crippen LogP contribution in [0, 0.1) is 6.92 Å². The molecule has 0 amide bonds. The molecule has 2 aromatic heterocycles. The van der Waals surface area contributed by atoms with Gasteiger partial charge in [-0.1, -0.05) is 5.57 Å². The van der Waals surface area contributed by atoms with Gasteiger partial charge in [-0.05, 0) is 39.0 Å². The van der Waals surface area contributed by atoms with Gasteiger partial charge in [-0.3, -0.25) is 4.98 Å². The molecule has 88 valence electrons. The third kappa shape index (κ3) is 5.02. The van der Waals surface area contributed by atoms with Gasteiger partial charge in [-0.15, -0.1) is 6.58 Å². The van der Waals surface area contributed by atoms with Crippen LogP contribution in [0.5, 0.6) is 0 Å². The monoisotopic (exact) mass is 227 g/mol. The number of pyridine rings is 1. The van der Waals surface area contributed by atoms with Gasteiger partial charge in [-0.25, -0.2) is 9.97 Å². The summed E-state index contributed by atoms with van der Waals surface area (Å²) in [6.45, 7) is 9.37. The third-order valence-corrected chi connectivity index (χ3v) is 1.73. The molecule has 0 saturated carbocycles. The first-order valence-corrected chi connectivity index (χ1v) is 5.41. The summed E-state index contributed by atoms with van der Waals surface area (Å²) in [6, 6.07) is 5.76. The molecule has 0 radical (unpaired) electrons. The van der Waals surface area contributed by atoms with Crippen LogP contribution < -0.4 is 0 Å². The lowest BCUT2D eigenvalue weighted by molar-refractivity contribution is 1.06. The summed E-state index contributed by atoms with van der Waals surface area (Å²) in [6.07, 6.45) is 5.30. The van der Waals surface area contributed by atoms with Gasteiger partial charge in [0.15, 0.2) is 0 Å². The van der Waals surface area contributed by atoms with E-state index in [1.807, 2.05) is 39.0 Å². The first-order valence-electron chi connectivity index (χ1n) is 5.41. The molecule has 0 fully saturated rings. The first-order chi connectivity index (χ1) is 8.09. The van der Waals surface area contributed by atoms with Crippen molar-refractivity contribution in [3.63, 3.8) is 0 Å². The van der Waals surface area contributed by atoms with Crippen molar-refractivity contribution < 1.29 is 0 Å². The van der Waals surface area contributed by atoms with Crippen LogP contribution in [-0.4, -0.2) is 15.0 Å². The van der Waals surface area contributed by atoms with Crippen molar-refractivity contribution in [3.05, 3.63) is 54.8 Å². The molecule has 3 heteroatoms. The van der Waals surface area contributed by atoms with Crippen LogP contribution in [0.1, 0.15) is 19.7 Å². The number of aromatic nitrogens is 3. The molecule has 3 nitrogen and oxygen atoms in total. The maximum atomic E-state index is 4.29. The highest BCUT2D eigenvalue weighted by Crippen LogP contribution is 2.13. The summed E-state index contributed by atoms with van der Waals surface area (Å²) in [5.74, 6) is 0.779. The fraction of sp³-hybridized carbons (Fsp3) is 0.214. The number of allylic oxidation sites excluding steroid dienone is 1. The standard InChI is InChI=1S/C10H9N3.C4H8/c1-8-12-6-4-10(13-8)9-3-2-5-11-7-9;1-4(2)3/h2-7H,1H3;1H2,2-3H3. The Morgan fingerprint density at radius 2 is 1.88 bits per heavy atom. The predicted octanol–water partition coefficient (Wildman–Crippen LogP) is 3.43. The molecule has 17 heavy (non-hydrogen) atoms. The highest BCUT2D eigenvalue weighted by Gasteiger charge is 1.97. The average Bonchev–Trinajstić information content (AvgIpc) is 2.29. The zero-order valence-electron chi connectivity index (χ0n) is 10.5. The largest absolute Gasteiger partial charge is 0.264 e. The molecule has 0 aromatic carbocycles. The van der Waals surface area contributed by atoms with Crippen molar-refractivity contribution in [1.82, 2.24) is 15.0 Å². The fourth-order valence-electron chi connectivity index (χ4n) is 1.13. The Kier molecular flexibility index (Phi) is 5.01. The van der Waals surface area contributed by atoms with E-state index in [-0.39, 0.29) is 0 Å². The van der Waals surface area contributed by atoms with E-state index in [4.69, 9.17) is 0 Å². The highest BCUT2D eigenvalue weighted by molar-refractivity contribution is 5.56. The van der Waals surface area contributed by atoms with E-state index in [0.29, 0.717) is 0 Å². The molecule has 2 aromatic rings. The smallest absolute Gasteiger partial charge is 0.125 e. The zero-order chi connectivity index (χ0) is 12.7. The van der Waals surface area contributed by atoms with Gasteiger partial charge in [0.05, 0.1) is 5.69 Å². The van der Waals surface area contributed by atoms with Crippen LogP contribution in [0.25, 0.3) is 11.3 Å². The lowest BCUT2D eigenvalue weighted by Crippen LogP contribution is -1.89. The zero-order valence-corrected chi connectivity index (χ0v) is 10.5. The summed E-state index contributed by atoms with van der Waals surface area (Å²) >= 11 is 0. The maximum Gasteiger partial charge on any atom is 0.125 e. The van der Waals surface area contributed by atoms with Gasteiger partial charge < -0.3 is 0 Å². The van der Waals surface area contributed by atoms with E-state index in [9.17, 15) is 0 Å². The summed E-state index contributed by atoms with van der Waals surface area (Å²) in [4.78, 5) is 12.4. The van der Waals surface area contributed by atoms with Gasteiger partial charge >= 0.3 is 0 Å². The Morgan fingerprint density at radius 1 is 1.18 bits per heavy atom. The van der Waals surface area contributed by atoms with E-state index in [1.54, 1.807) is 18.6 Å². The SMILES string of the molecule is C=C(C)C.Cc1nccc(-c2cccnc2)n1. The van der Waals surface area contributed by atoms with Crippen molar-refractivity contribution in [2.45, 2.75) is 20.8 Å². The molecule has 0 saturated heterocycles. The molecular formula is C14H17N3. The van der Waals surface area contributed by atoms with Gasteiger partial charge in [0.2, 0.25) is 0 Å². The Bertz CT molecular complexity index is 474. The molecule has 2 rings (SSSR count). The fourth-order valence-corrected chi connectivity index (χ4v) is 1.13. The van der Waals surface area contributed by atoms with Crippen LogP contribution in [-0.2, 0) is 0 Å². The molecule has 0 atom stereocenters. The van der Waals surface area contributed by atoms with Crippen LogP contribution in [0.3, 0.4) is 0 Å². The molecular weight excluding hydrogens is 210 g/mol. The number of nitrogens with zero attached hydrogens (tertiary/aromatic N) is 3. The summed E-state index contributed by atoms with van der Waals surface area (Å²) in [5.41, 5.74) is 3.11. The molecule has 0 N–H and O–H groups in total. The van der Waals surface area contributed by atoms with Crippen LogP contribution in [0.4, 0.5) is 0 Å². The second kappa shape index (κ2) is 6.53.